The zero-order valence-corrected chi connectivity index (χ0v) is 8.17. The van der Waals surface area contributed by atoms with Crippen LogP contribution in [0.25, 0.3) is 0 Å². The van der Waals surface area contributed by atoms with Gasteiger partial charge in [0, 0.05) is 6.08 Å². The maximum Gasteiger partial charge on any atom is 0.330 e. The molecule has 70 valence electrons. The number of carbonyl (C=O) groups excluding carboxylic acids is 1. The van der Waals surface area contributed by atoms with Crippen LogP contribution < -0.4 is 0 Å². The lowest BCUT2D eigenvalue weighted by Crippen LogP contribution is -1.98. The zero-order chi connectivity index (χ0) is 9.82. The van der Waals surface area contributed by atoms with Crippen LogP contribution >= 0.6 is 0 Å². The summed E-state index contributed by atoms with van der Waals surface area (Å²) in [6.45, 7) is 9.54. The van der Waals surface area contributed by atoms with E-state index in [1.54, 1.807) is 19.9 Å². The Hall–Kier alpha value is -1.05. The summed E-state index contributed by atoms with van der Waals surface area (Å²) in [5.41, 5.74) is 0. The van der Waals surface area contributed by atoms with Crippen LogP contribution in [0.15, 0.2) is 24.8 Å². The molecule has 0 radical (unpaired) electrons. The molecule has 0 unspecified atom stereocenters. The first kappa shape index (κ1) is 13.5. The molecule has 0 saturated heterocycles. The molecule has 2 heteroatoms. The number of rotatable bonds is 3. The second kappa shape index (κ2) is 12.6. The molecular formula is C10H18O2. The molecule has 0 rings (SSSR count). The molecule has 0 heterocycles. The van der Waals surface area contributed by atoms with Gasteiger partial charge in [0.1, 0.15) is 0 Å². The van der Waals surface area contributed by atoms with E-state index in [0.717, 1.165) is 6.42 Å². The first-order chi connectivity index (χ1) is 5.72. The van der Waals surface area contributed by atoms with E-state index in [1.165, 1.54) is 6.08 Å². The van der Waals surface area contributed by atoms with Gasteiger partial charge in [-0.15, -0.1) is 6.58 Å². The molecule has 0 atom stereocenters. The van der Waals surface area contributed by atoms with Gasteiger partial charge in [0.15, 0.2) is 0 Å². The fourth-order valence-electron chi connectivity index (χ4n) is 0.326. The summed E-state index contributed by atoms with van der Waals surface area (Å²) in [6.07, 6.45) is 6.00. The highest BCUT2D eigenvalue weighted by molar-refractivity contribution is 5.81. The van der Waals surface area contributed by atoms with Crippen LogP contribution in [0.4, 0.5) is 0 Å². The minimum Gasteiger partial charge on any atom is -0.463 e. The highest BCUT2D eigenvalue weighted by Gasteiger charge is 1.88. The van der Waals surface area contributed by atoms with E-state index in [-0.39, 0.29) is 5.97 Å². The van der Waals surface area contributed by atoms with E-state index in [0.29, 0.717) is 6.61 Å². The Balaban J connectivity index is 0. The van der Waals surface area contributed by atoms with Gasteiger partial charge in [-0.3, -0.25) is 0 Å². The zero-order valence-electron chi connectivity index (χ0n) is 8.17. The van der Waals surface area contributed by atoms with Crippen molar-refractivity contribution in [3.8, 4) is 0 Å². The van der Waals surface area contributed by atoms with Crippen molar-refractivity contribution in [3.63, 3.8) is 0 Å². The Labute approximate surface area is 74.9 Å². The van der Waals surface area contributed by atoms with Crippen LogP contribution in [0, 0.1) is 0 Å². The van der Waals surface area contributed by atoms with Gasteiger partial charge in [0.05, 0.1) is 6.61 Å². The van der Waals surface area contributed by atoms with Crippen molar-refractivity contribution in [2.45, 2.75) is 27.2 Å². The van der Waals surface area contributed by atoms with Crippen molar-refractivity contribution in [3.05, 3.63) is 24.8 Å². The number of ether oxygens (including phenoxy) is 1. The number of hydrogen-bond donors (Lipinski definition) is 0. The predicted molar refractivity (Wildman–Crippen MR) is 51.9 cm³/mol. The number of hydrogen-bond acceptors (Lipinski definition) is 2. The van der Waals surface area contributed by atoms with Gasteiger partial charge in [-0.2, -0.15) is 0 Å². The Bertz CT molecular complexity index is 137. The monoisotopic (exact) mass is 170 g/mol. The molecule has 12 heavy (non-hydrogen) atoms. The number of allylic oxidation sites excluding steroid dienone is 2. The van der Waals surface area contributed by atoms with E-state index in [1.807, 2.05) is 6.08 Å². The third kappa shape index (κ3) is 16.0. The molecule has 2 nitrogen and oxygen atoms in total. The smallest absolute Gasteiger partial charge is 0.330 e. The molecule has 0 N–H and O–H groups in total. The van der Waals surface area contributed by atoms with E-state index in [9.17, 15) is 4.79 Å². The van der Waals surface area contributed by atoms with Gasteiger partial charge in [-0.05, 0) is 20.3 Å². The molecule has 0 aromatic rings. The normalized spacial score (nSPS) is 8.58. The van der Waals surface area contributed by atoms with Crippen LogP contribution in [0.3, 0.4) is 0 Å². The summed E-state index contributed by atoms with van der Waals surface area (Å²) < 4.78 is 4.56. The maximum atomic E-state index is 10.3. The van der Waals surface area contributed by atoms with Gasteiger partial charge in [0.2, 0.25) is 0 Å². The lowest BCUT2D eigenvalue weighted by Gasteiger charge is -1.91. The molecule has 0 saturated carbocycles. The SMILES string of the molecule is C/C=C/C(=O)OCC.C=CCC. The standard InChI is InChI=1S/C6H10O2.C4H8/c1-3-5-6(7)8-4-2;1-3-4-2/h3,5H,4H2,1-2H3;3H,1,4H2,2H3/b5-3+;. The molecule has 0 aromatic carbocycles. The fourth-order valence-corrected chi connectivity index (χ4v) is 0.326. The van der Waals surface area contributed by atoms with Gasteiger partial charge < -0.3 is 4.74 Å². The molecular weight excluding hydrogens is 152 g/mol. The van der Waals surface area contributed by atoms with Crippen molar-refractivity contribution >= 4 is 5.97 Å². The van der Waals surface area contributed by atoms with E-state index in [2.05, 4.69) is 18.2 Å². The highest BCUT2D eigenvalue weighted by atomic mass is 16.5. The average molecular weight is 170 g/mol. The van der Waals surface area contributed by atoms with Crippen molar-refractivity contribution in [1.82, 2.24) is 0 Å². The summed E-state index contributed by atoms with van der Waals surface area (Å²) in [6, 6.07) is 0. The van der Waals surface area contributed by atoms with Crippen molar-refractivity contribution in [1.29, 1.82) is 0 Å². The molecule has 0 spiro atoms. The molecule has 0 aliphatic carbocycles. The second-order valence-corrected chi connectivity index (χ2v) is 1.95. The Morgan fingerprint density at radius 3 is 2.25 bits per heavy atom. The predicted octanol–water partition coefficient (Wildman–Crippen LogP) is 2.71. The quantitative estimate of drug-likeness (QED) is 0.370. The number of carbonyl (C=O) groups is 1. The highest BCUT2D eigenvalue weighted by Crippen LogP contribution is 1.78. The first-order valence-corrected chi connectivity index (χ1v) is 4.13. The minimum atomic E-state index is -0.269. The van der Waals surface area contributed by atoms with Crippen molar-refractivity contribution in [2.75, 3.05) is 6.61 Å². The van der Waals surface area contributed by atoms with Crippen molar-refractivity contribution in [2.24, 2.45) is 0 Å². The molecule has 0 aliphatic rings. The van der Waals surface area contributed by atoms with Crippen LogP contribution in [0.1, 0.15) is 27.2 Å². The molecule has 0 bridgehead atoms. The van der Waals surface area contributed by atoms with E-state index < -0.39 is 0 Å². The largest absolute Gasteiger partial charge is 0.463 e. The molecule has 0 aromatic heterocycles. The third-order valence-corrected chi connectivity index (χ3v) is 0.878. The van der Waals surface area contributed by atoms with Gasteiger partial charge in [-0.25, -0.2) is 4.79 Å². The summed E-state index contributed by atoms with van der Waals surface area (Å²) in [5, 5.41) is 0. The van der Waals surface area contributed by atoms with E-state index in [4.69, 9.17) is 0 Å². The maximum absolute atomic E-state index is 10.3. The molecule has 0 amide bonds. The van der Waals surface area contributed by atoms with Gasteiger partial charge in [0.25, 0.3) is 0 Å². The average Bonchev–Trinajstić information content (AvgIpc) is 2.06. The molecule has 0 aliphatic heterocycles. The Morgan fingerprint density at radius 2 is 2.00 bits per heavy atom. The number of esters is 1. The lowest BCUT2D eigenvalue weighted by molar-refractivity contribution is -0.137. The lowest BCUT2D eigenvalue weighted by atomic mass is 10.5. The first-order valence-electron chi connectivity index (χ1n) is 4.13. The van der Waals surface area contributed by atoms with Gasteiger partial charge in [-0.1, -0.05) is 19.1 Å². The van der Waals surface area contributed by atoms with Crippen molar-refractivity contribution < 1.29 is 9.53 Å². The fraction of sp³-hybridized carbons (Fsp3) is 0.500. The third-order valence-electron chi connectivity index (χ3n) is 0.878. The van der Waals surface area contributed by atoms with Crippen LogP contribution in [-0.4, -0.2) is 12.6 Å². The van der Waals surface area contributed by atoms with Crippen LogP contribution in [0.5, 0.6) is 0 Å². The minimum absolute atomic E-state index is 0.269. The summed E-state index contributed by atoms with van der Waals surface area (Å²) in [7, 11) is 0. The van der Waals surface area contributed by atoms with Gasteiger partial charge >= 0.3 is 5.97 Å². The second-order valence-electron chi connectivity index (χ2n) is 1.95. The van der Waals surface area contributed by atoms with Crippen LogP contribution in [-0.2, 0) is 9.53 Å². The Morgan fingerprint density at radius 1 is 1.50 bits per heavy atom. The topological polar surface area (TPSA) is 26.3 Å². The summed E-state index contributed by atoms with van der Waals surface area (Å²) in [5.74, 6) is -0.269. The van der Waals surface area contributed by atoms with Crippen LogP contribution in [0.2, 0.25) is 0 Å². The summed E-state index contributed by atoms with van der Waals surface area (Å²) >= 11 is 0. The summed E-state index contributed by atoms with van der Waals surface area (Å²) in [4.78, 5) is 10.3. The molecule has 0 fully saturated rings. The Kier molecular flexibility index (Phi) is 14.2. The van der Waals surface area contributed by atoms with E-state index >= 15 is 0 Å².